The normalized spacial score (nSPS) is 14.4. The molecule has 0 spiro atoms. The standard InChI is InChI=1S/C47H46N2OSi/c1-29(2)40-26-35(33-20-23-36(24-21-33)51(6,7)8)27-41(30(3)4)45(40)49-44-31(5)14-12-19-42(44)48-47(49)39-18-13-17-38-37-25-22-34(28-43(37)50-46(38)39)32-15-10-9-11-16-32/h9-30H,1-8H3/i5D3,29D,30D. The molecule has 0 saturated heterocycles. The quantitative estimate of drug-likeness (QED) is 0.156. The highest BCUT2D eigenvalue weighted by Crippen LogP contribution is 2.43. The molecule has 8 rings (SSSR count). The van der Waals surface area contributed by atoms with E-state index in [2.05, 4.69) is 74.2 Å². The van der Waals surface area contributed by atoms with Gasteiger partial charge in [0.2, 0.25) is 0 Å². The third kappa shape index (κ3) is 5.72. The van der Waals surface area contributed by atoms with Crippen LogP contribution in [0.15, 0.2) is 126 Å². The lowest BCUT2D eigenvalue weighted by Gasteiger charge is -2.25. The van der Waals surface area contributed by atoms with Crippen LogP contribution in [0.2, 0.25) is 19.6 Å². The van der Waals surface area contributed by atoms with Crippen LogP contribution in [0.3, 0.4) is 0 Å². The molecule has 0 N–H and O–H groups in total. The van der Waals surface area contributed by atoms with Crippen LogP contribution in [-0.2, 0) is 0 Å². The molecule has 254 valence electrons. The van der Waals surface area contributed by atoms with E-state index in [1.807, 2.05) is 86.9 Å². The fraction of sp³-hybridized carbons (Fsp3) is 0.213. The molecule has 0 saturated carbocycles. The molecular weight excluding hydrogens is 637 g/mol. The molecule has 0 aliphatic carbocycles. The first kappa shape index (κ1) is 27.5. The maximum atomic E-state index is 9.63. The topological polar surface area (TPSA) is 31.0 Å². The lowest BCUT2D eigenvalue weighted by molar-refractivity contribution is 0.669. The predicted molar refractivity (Wildman–Crippen MR) is 221 cm³/mol. The lowest BCUT2D eigenvalue weighted by atomic mass is 9.88. The zero-order chi connectivity index (χ0) is 39.9. The van der Waals surface area contributed by atoms with Crippen molar-refractivity contribution >= 4 is 46.2 Å². The van der Waals surface area contributed by atoms with Crippen LogP contribution in [0.4, 0.5) is 0 Å². The van der Waals surface area contributed by atoms with Crippen LogP contribution in [0.25, 0.3) is 72.3 Å². The largest absolute Gasteiger partial charge is 0.455 e. The van der Waals surface area contributed by atoms with Gasteiger partial charge < -0.3 is 4.42 Å². The molecule has 0 amide bonds. The van der Waals surface area contributed by atoms with Crippen LogP contribution in [0.5, 0.6) is 0 Å². The molecule has 0 unspecified atom stereocenters. The van der Waals surface area contributed by atoms with Crippen molar-refractivity contribution in [1.82, 2.24) is 9.55 Å². The molecule has 2 aromatic heterocycles. The Morgan fingerprint density at radius 1 is 0.667 bits per heavy atom. The Kier molecular flexibility index (Phi) is 6.77. The van der Waals surface area contributed by atoms with E-state index in [-0.39, 0.29) is 5.56 Å². The van der Waals surface area contributed by atoms with E-state index in [0.29, 0.717) is 44.8 Å². The molecule has 2 heterocycles. The molecule has 51 heavy (non-hydrogen) atoms. The summed E-state index contributed by atoms with van der Waals surface area (Å²) in [5.41, 5.74) is 9.01. The maximum Gasteiger partial charge on any atom is 0.149 e. The van der Waals surface area contributed by atoms with Gasteiger partial charge in [0, 0.05) is 17.6 Å². The van der Waals surface area contributed by atoms with Gasteiger partial charge in [-0.05, 0) is 94.0 Å². The minimum atomic E-state index is -2.47. The zero-order valence-corrected chi connectivity index (χ0v) is 31.3. The Hall–Kier alpha value is -5.19. The van der Waals surface area contributed by atoms with Gasteiger partial charge in [0.1, 0.15) is 17.0 Å². The van der Waals surface area contributed by atoms with Gasteiger partial charge in [-0.15, -0.1) is 0 Å². The Labute approximate surface area is 309 Å². The van der Waals surface area contributed by atoms with Crippen molar-refractivity contribution in [3.05, 3.63) is 138 Å². The minimum Gasteiger partial charge on any atom is -0.455 e. The van der Waals surface area contributed by atoms with Gasteiger partial charge in [0.05, 0.1) is 30.4 Å². The number of benzene rings is 6. The number of nitrogens with zero attached hydrogens (tertiary/aromatic N) is 2. The van der Waals surface area contributed by atoms with Crippen molar-refractivity contribution in [1.29, 1.82) is 0 Å². The van der Waals surface area contributed by atoms with Crippen LogP contribution < -0.4 is 5.19 Å². The van der Waals surface area contributed by atoms with E-state index in [0.717, 1.165) is 38.6 Å². The number of furan rings is 1. The second-order valence-corrected chi connectivity index (χ2v) is 20.1. The van der Waals surface area contributed by atoms with Gasteiger partial charge in [-0.1, -0.05) is 137 Å². The first-order valence-electron chi connectivity index (χ1n) is 20.1. The summed E-state index contributed by atoms with van der Waals surface area (Å²) >= 11 is 0. The third-order valence-corrected chi connectivity index (χ3v) is 12.1. The van der Waals surface area contributed by atoms with Gasteiger partial charge in [-0.2, -0.15) is 0 Å². The summed E-state index contributed by atoms with van der Waals surface area (Å²) in [6.45, 7) is 11.9. The van der Waals surface area contributed by atoms with Crippen molar-refractivity contribution < 1.29 is 11.3 Å². The van der Waals surface area contributed by atoms with Gasteiger partial charge in [-0.25, -0.2) is 4.98 Å². The highest BCUT2D eigenvalue weighted by atomic mass is 28.3. The summed E-state index contributed by atoms with van der Waals surface area (Å²) in [4.78, 5) is 5.21. The molecule has 0 atom stereocenters. The van der Waals surface area contributed by atoms with Crippen molar-refractivity contribution in [2.24, 2.45) is 0 Å². The summed E-state index contributed by atoms with van der Waals surface area (Å²) < 4.78 is 54.0. The summed E-state index contributed by atoms with van der Waals surface area (Å²) in [5, 5.41) is 3.21. The molecule has 0 aliphatic heterocycles. The van der Waals surface area contributed by atoms with Gasteiger partial charge in [-0.3, -0.25) is 4.57 Å². The summed E-state index contributed by atoms with van der Waals surface area (Å²) in [5.74, 6) is -1.84. The van der Waals surface area contributed by atoms with E-state index >= 15 is 0 Å². The predicted octanol–water partition coefficient (Wildman–Crippen LogP) is 13.0. The number of aryl methyl sites for hydroxylation is 1. The number of para-hydroxylation sites is 2. The number of rotatable bonds is 7. The van der Waals surface area contributed by atoms with Crippen LogP contribution in [0.1, 0.15) is 63.0 Å². The number of hydrogen-bond acceptors (Lipinski definition) is 2. The van der Waals surface area contributed by atoms with Crippen molar-refractivity contribution in [3.8, 4) is 39.3 Å². The molecule has 8 aromatic rings. The van der Waals surface area contributed by atoms with Gasteiger partial charge in [0.25, 0.3) is 0 Å². The molecule has 4 heteroatoms. The molecular formula is C47H46N2OSi. The third-order valence-electron chi connectivity index (χ3n) is 10.0. The van der Waals surface area contributed by atoms with E-state index in [4.69, 9.17) is 13.5 Å². The fourth-order valence-corrected chi connectivity index (χ4v) is 8.44. The highest BCUT2D eigenvalue weighted by molar-refractivity contribution is 6.88. The Balaban J connectivity index is 1.47. The number of hydrogen-bond donors (Lipinski definition) is 0. The van der Waals surface area contributed by atoms with Crippen molar-refractivity contribution in [2.45, 2.75) is 66.0 Å². The molecule has 0 radical (unpaired) electrons. The average Bonchev–Trinajstić information content (AvgIpc) is 3.71. The summed E-state index contributed by atoms with van der Waals surface area (Å²) in [6.07, 6.45) is 0. The van der Waals surface area contributed by atoms with Crippen LogP contribution in [0, 0.1) is 6.85 Å². The number of imidazole rings is 1. The number of fused-ring (bicyclic) bond motifs is 4. The lowest BCUT2D eigenvalue weighted by Crippen LogP contribution is -2.37. The molecule has 0 aliphatic rings. The fourth-order valence-electron chi connectivity index (χ4n) is 7.28. The average molecular weight is 688 g/mol. The first-order valence-corrected chi connectivity index (χ1v) is 21.1. The smallest absolute Gasteiger partial charge is 0.149 e. The maximum absolute atomic E-state index is 9.63. The highest BCUT2D eigenvalue weighted by Gasteiger charge is 2.26. The van der Waals surface area contributed by atoms with E-state index in [9.17, 15) is 2.74 Å². The van der Waals surface area contributed by atoms with E-state index in [1.54, 1.807) is 12.1 Å². The first-order chi connectivity index (χ1) is 26.3. The molecule has 3 nitrogen and oxygen atoms in total. The molecule has 0 bridgehead atoms. The second-order valence-electron chi connectivity index (χ2n) is 15.1. The van der Waals surface area contributed by atoms with Gasteiger partial charge in [0.15, 0.2) is 0 Å². The summed E-state index contributed by atoms with van der Waals surface area (Å²) in [7, 11) is -1.54. The van der Waals surface area contributed by atoms with E-state index in [1.165, 1.54) is 5.19 Å². The SMILES string of the molecule is [2H]C([2H])([2H])c1cccc2nc(-c3cccc4c3oc3cc(-c5ccccc5)ccc34)n(-c3c(C([2H])(C)C)cc(-c4ccc([Si](C)(C)C)cc4)cc3C([2H])(C)C)c12. The Bertz CT molecular complexity index is 2740. The molecule has 0 fully saturated rings. The Morgan fingerprint density at radius 2 is 1.33 bits per heavy atom. The van der Waals surface area contributed by atoms with E-state index < -0.39 is 26.7 Å². The number of aromatic nitrogens is 2. The van der Waals surface area contributed by atoms with Crippen LogP contribution >= 0.6 is 0 Å². The minimum absolute atomic E-state index is 0.145. The monoisotopic (exact) mass is 687 g/mol. The second kappa shape index (κ2) is 12.5. The zero-order valence-electron chi connectivity index (χ0n) is 35.3. The Morgan fingerprint density at radius 3 is 2.00 bits per heavy atom. The summed E-state index contributed by atoms with van der Waals surface area (Å²) in [6, 6.07) is 40.4. The van der Waals surface area contributed by atoms with Crippen LogP contribution in [-0.4, -0.2) is 17.6 Å². The van der Waals surface area contributed by atoms with Crippen molar-refractivity contribution in [3.63, 3.8) is 0 Å². The van der Waals surface area contributed by atoms with Gasteiger partial charge >= 0.3 is 0 Å². The molecule has 6 aromatic carbocycles. The van der Waals surface area contributed by atoms with Crippen molar-refractivity contribution in [2.75, 3.05) is 0 Å².